The predicted octanol–water partition coefficient (Wildman–Crippen LogP) is 1.13. The van der Waals surface area contributed by atoms with Gasteiger partial charge in [0.25, 0.3) is 0 Å². The lowest BCUT2D eigenvalue weighted by Gasteiger charge is -2.31. The van der Waals surface area contributed by atoms with Crippen molar-refractivity contribution in [2.45, 2.75) is 70.7 Å². The van der Waals surface area contributed by atoms with Gasteiger partial charge in [-0.25, -0.2) is 0 Å². The fraction of sp³-hybridized carbons (Fsp3) is 0.938. The minimum atomic E-state index is -0.0450. The van der Waals surface area contributed by atoms with Crippen LogP contribution in [0.2, 0.25) is 0 Å². The number of hydrogen-bond acceptors (Lipinski definition) is 4. The quantitative estimate of drug-likeness (QED) is 0.722. The van der Waals surface area contributed by atoms with Gasteiger partial charge < -0.3 is 15.4 Å². The van der Waals surface area contributed by atoms with E-state index < -0.39 is 0 Å². The van der Waals surface area contributed by atoms with E-state index in [-0.39, 0.29) is 11.9 Å². The van der Waals surface area contributed by atoms with Crippen LogP contribution in [-0.2, 0) is 9.53 Å². The van der Waals surface area contributed by atoms with Crippen LogP contribution in [0.3, 0.4) is 0 Å². The van der Waals surface area contributed by atoms with Crippen LogP contribution in [0.4, 0.5) is 0 Å². The summed E-state index contributed by atoms with van der Waals surface area (Å²) in [5.74, 6) is 0.129. The lowest BCUT2D eigenvalue weighted by atomic mass is 10.1. The highest BCUT2D eigenvalue weighted by atomic mass is 16.5. The molecule has 5 nitrogen and oxygen atoms in total. The molecule has 0 bridgehead atoms. The SMILES string of the molecule is CC1CCC(C)N1C(C)C(=O)NCCOC1CCNCC1. The van der Waals surface area contributed by atoms with Crippen LogP contribution >= 0.6 is 0 Å². The maximum Gasteiger partial charge on any atom is 0.237 e. The number of rotatable bonds is 6. The molecule has 2 aliphatic rings. The predicted molar refractivity (Wildman–Crippen MR) is 84.3 cm³/mol. The summed E-state index contributed by atoms with van der Waals surface area (Å²) < 4.78 is 5.81. The zero-order valence-corrected chi connectivity index (χ0v) is 13.7. The lowest BCUT2D eigenvalue weighted by Crippen LogP contribution is -2.49. The Morgan fingerprint density at radius 2 is 1.86 bits per heavy atom. The second-order valence-electron chi connectivity index (χ2n) is 6.51. The van der Waals surface area contributed by atoms with Gasteiger partial charge in [-0.05, 0) is 59.5 Å². The van der Waals surface area contributed by atoms with Gasteiger partial charge in [0.15, 0.2) is 0 Å². The van der Waals surface area contributed by atoms with Gasteiger partial charge in [-0.2, -0.15) is 0 Å². The second-order valence-corrected chi connectivity index (χ2v) is 6.51. The molecule has 0 aromatic rings. The van der Waals surface area contributed by atoms with Crippen LogP contribution in [0.1, 0.15) is 46.5 Å². The topological polar surface area (TPSA) is 53.6 Å². The number of carbonyl (C=O) groups excluding carboxylic acids is 1. The fourth-order valence-corrected chi connectivity index (χ4v) is 3.62. The number of likely N-dealkylation sites (tertiary alicyclic amines) is 1. The Morgan fingerprint density at radius 3 is 2.48 bits per heavy atom. The van der Waals surface area contributed by atoms with Gasteiger partial charge >= 0.3 is 0 Å². The molecule has 2 fully saturated rings. The van der Waals surface area contributed by atoms with Gasteiger partial charge in [0, 0.05) is 18.6 Å². The first-order chi connectivity index (χ1) is 10.1. The Kier molecular flexibility index (Phi) is 6.45. The molecule has 2 N–H and O–H groups in total. The van der Waals surface area contributed by atoms with E-state index >= 15 is 0 Å². The molecule has 122 valence electrons. The summed E-state index contributed by atoms with van der Waals surface area (Å²) >= 11 is 0. The molecule has 1 amide bonds. The third-order valence-electron chi connectivity index (χ3n) is 4.89. The van der Waals surface area contributed by atoms with Crippen molar-refractivity contribution in [1.29, 1.82) is 0 Å². The molecule has 2 saturated heterocycles. The normalized spacial score (nSPS) is 29.5. The zero-order chi connectivity index (χ0) is 15.2. The van der Waals surface area contributed by atoms with Crippen LogP contribution in [0, 0.1) is 0 Å². The summed E-state index contributed by atoms with van der Waals surface area (Å²) in [5, 5.41) is 6.34. The van der Waals surface area contributed by atoms with Crippen LogP contribution in [0.5, 0.6) is 0 Å². The number of amides is 1. The van der Waals surface area contributed by atoms with Crippen molar-refractivity contribution in [3.05, 3.63) is 0 Å². The van der Waals surface area contributed by atoms with Crippen LogP contribution in [0.15, 0.2) is 0 Å². The number of carbonyl (C=O) groups is 1. The van der Waals surface area contributed by atoms with Gasteiger partial charge in [0.05, 0.1) is 18.8 Å². The summed E-state index contributed by atoms with van der Waals surface area (Å²) in [4.78, 5) is 14.6. The molecule has 0 saturated carbocycles. The van der Waals surface area contributed by atoms with Crippen LogP contribution < -0.4 is 10.6 Å². The monoisotopic (exact) mass is 297 g/mol. The largest absolute Gasteiger partial charge is 0.376 e. The van der Waals surface area contributed by atoms with E-state index in [1.54, 1.807) is 0 Å². The number of nitrogens with one attached hydrogen (secondary N) is 2. The number of nitrogens with zero attached hydrogens (tertiary/aromatic N) is 1. The highest BCUT2D eigenvalue weighted by Crippen LogP contribution is 2.25. The molecule has 2 aliphatic heterocycles. The van der Waals surface area contributed by atoms with E-state index in [9.17, 15) is 4.79 Å². The lowest BCUT2D eigenvalue weighted by molar-refractivity contribution is -0.127. The standard InChI is InChI=1S/C16H31N3O2/c1-12-4-5-13(2)19(12)14(3)16(20)18-10-11-21-15-6-8-17-9-7-15/h12-15,17H,4-11H2,1-3H3,(H,18,20). The Hall–Kier alpha value is -0.650. The van der Waals surface area contributed by atoms with E-state index in [0.29, 0.717) is 31.3 Å². The third kappa shape index (κ3) is 4.66. The molecular formula is C16H31N3O2. The molecule has 3 atom stereocenters. The summed E-state index contributed by atoms with van der Waals surface area (Å²) in [7, 11) is 0. The van der Waals surface area contributed by atoms with Gasteiger partial charge in [0.2, 0.25) is 5.91 Å². The minimum Gasteiger partial charge on any atom is -0.376 e. The first-order valence-electron chi connectivity index (χ1n) is 8.47. The summed E-state index contributed by atoms with van der Waals surface area (Å²) in [5.41, 5.74) is 0. The molecule has 0 spiro atoms. The Morgan fingerprint density at radius 1 is 1.24 bits per heavy atom. The third-order valence-corrected chi connectivity index (χ3v) is 4.89. The van der Waals surface area contributed by atoms with Crippen molar-refractivity contribution < 1.29 is 9.53 Å². The van der Waals surface area contributed by atoms with E-state index in [1.165, 1.54) is 12.8 Å². The van der Waals surface area contributed by atoms with Gasteiger partial charge in [0.1, 0.15) is 0 Å². The number of piperidine rings is 1. The molecule has 3 unspecified atom stereocenters. The molecule has 0 aromatic heterocycles. The van der Waals surface area contributed by atoms with Crippen molar-refractivity contribution in [3.8, 4) is 0 Å². The Balaban J connectivity index is 1.64. The molecular weight excluding hydrogens is 266 g/mol. The highest BCUT2D eigenvalue weighted by Gasteiger charge is 2.34. The smallest absolute Gasteiger partial charge is 0.237 e. The maximum absolute atomic E-state index is 12.3. The molecule has 0 aliphatic carbocycles. The van der Waals surface area contributed by atoms with Crippen molar-refractivity contribution in [1.82, 2.24) is 15.5 Å². The first kappa shape index (κ1) is 16.7. The average molecular weight is 297 g/mol. The molecule has 2 rings (SSSR count). The first-order valence-corrected chi connectivity index (χ1v) is 8.47. The average Bonchev–Trinajstić information content (AvgIpc) is 2.83. The molecule has 0 radical (unpaired) electrons. The second kappa shape index (κ2) is 8.11. The van der Waals surface area contributed by atoms with Gasteiger partial charge in [-0.3, -0.25) is 9.69 Å². The number of hydrogen-bond donors (Lipinski definition) is 2. The van der Waals surface area contributed by atoms with Crippen molar-refractivity contribution >= 4 is 5.91 Å². The van der Waals surface area contributed by atoms with Crippen LogP contribution in [-0.4, -0.2) is 61.3 Å². The van der Waals surface area contributed by atoms with E-state index in [2.05, 4.69) is 29.4 Å². The Bertz CT molecular complexity index is 321. The Labute approximate surface area is 128 Å². The summed E-state index contributed by atoms with van der Waals surface area (Å²) in [6, 6.07) is 0.967. The molecule has 21 heavy (non-hydrogen) atoms. The van der Waals surface area contributed by atoms with Gasteiger partial charge in [-0.15, -0.1) is 0 Å². The molecule has 0 aromatic carbocycles. The van der Waals surface area contributed by atoms with E-state index in [4.69, 9.17) is 4.74 Å². The molecule has 5 heteroatoms. The van der Waals surface area contributed by atoms with E-state index in [0.717, 1.165) is 25.9 Å². The van der Waals surface area contributed by atoms with Gasteiger partial charge in [-0.1, -0.05) is 0 Å². The minimum absolute atomic E-state index is 0.0450. The summed E-state index contributed by atoms with van der Waals surface area (Å²) in [6.07, 6.45) is 4.90. The van der Waals surface area contributed by atoms with Crippen molar-refractivity contribution in [2.75, 3.05) is 26.2 Å². The fourth-order valence-electron chi connectivity index (χ4n) is 3.62. The number of ether oxygens (including phenoxy) is 1. The highest BCUT2D eigenvalue weighted by molar-refractivity contribution is 5.81. The zero-order valence-electron chi connectivity index (χ0n) is 13.7. The van der Waals surface area contributed by atoms with Crippen LogP contribution in [0.25, 0.3) is 0 Å². The summed E-state index contributed by atoms with van der Waals surface area (Å²) in [6.45, 7) is 9.76. The van der Waals surface area contributed by atoms with Crippen molar-refractivity contribution in [2.24, 2.45) is 0 Å². The maximum atomic E-state index is 12.3. The molecule has 2 heterocycles. The van der Waals surface area contributed by atoms with Crippen molar-refractivity contribution in [3.63, 3.8) is 0 Å². The van der Waals surface area contributed by atoms with E-state index in [1.807, 2.05) is 6.92 Å².